The highest BCUT2D eigenvalue weighted by molar-refractivity contribution is 5.92. The highest BCUT2D eigenvalue weighted by Gasteiger charge is 2.50. The molecule has 4 atom stereocenters. The van der Waals surface area contributed by atoms with Crippen LogP contribution in [0.15, 0.2) is 24.4 Å². The van der Waals surface area contributed by atoms with Gasteiger partial charge in [-0.05, 0) is 76.0 Å². The molecular formula is C38H50F2N6O3. The molecule has 264 valence electrons. The first-order valence-electron chi connectivity index (χ1n) is 18.0. The van der Waals surface area contributed by atoms with Crippen LogP contribution >= 0.6 is 0 Å². The zero-order valence-electron chi connectivity index (χ0n) is 29.9. The quantitative estimate of drug-likeness (QED) is 0.253. The van der Waals surface area contributed by atoms with Crippen LogP contribution in [-0.4, -0.2) is 93.0 Å². The Bertz CT molecular complexity index is 1700. The summed E-state index contributed by atoms with van der Waals surface area (Å²) in [4.78, 5) is 33.8. The van der Waals surface area contributed by atoms with Crippen LogP contribution in [-0.2, 0) is 4.74 Å². The number of aromatic nitrogens is 3. The molecule has 6 heterocycles. The van der Waals surface area contributed by atoms with Crippen LogP contribution in [0.25, 0.3) is 22.2 Å². The molecule has 0 saturated carbocycles. The van der Waals surface area contributed by atoms with Gasteiger partial charge in [-0.25, -0.2) is 13.6 Å². The minimum absolute atomic E-state index is 0.0718. The predicted molar refractivity (Wildman–Crippen MR) is 187 cm³/mol. The number of anilines is 1. The Morgan fingerprint density at radius 2 is 1.71 bits per heavy atom. The Hall–Kier alpha value is -3.60. The molecule has 1 amide bonds. The molecule has 4 saturated heterocycles. The van der Waals surface area contributed by atoms with Gasteiger partial charge in [-0.3, -0.25) is 14.8 Å². The molecule has 4 aliphatic rings. The molecular weight excluding hydrogens is 626 g/mol. The van der Waals surface area contributed by atoms with Crippen LogP contribution < -0.4 is 9.64 Å². The van der Waals surface area contributed by atoms with E-state index in [2.05, 4.69) is 37.5 Å². The van der Waals surface area contributed by atoms with Crippen molar-refractivity contribution in [1.29, 1.82) is 0 Å². The van der Waals surface area contributed by atoms with Crippen LogP contribution in [0.2, 0.25) is 0 Å². The minimum atomic E-state index is -0.893. The number of carbonyl (C=O) groups is 1. The maximum Gasteiger partial charge on any atom is 0.410 e. The van der Waals surface area contributed by atoms with Gasteiger partial charge in [0.1, 0.15) is 35.4 Å². The van der Waals surface area contributed by atoms with Crippen molar-refractivity contribution in [2.75, 3.05) is 37.7 Å². The average molecular weight is 677 g/mol. The van der Waals surface area contributed by atoms with E-state index >= 15 is 4.39 Å². The maximum absolute atomic E-state index is 17.1. The fourth-order valence-electron chi connectivity index (χ4n) is 8.66. The summed E-state index contributed by atoms with van der Waals surface area (Å²) in [7, 11) is 0. The largest absolute Gasteiger partial charge is 0.461 e. The van der Waals surface area contributed by atoms with Crippen molar-refractivity contribution in [2.24, 2.45) is 0 Å². The molecule has 2 unspecified atom stereocenters. The molecule has 11 heteroatoms. The SMILES string of the molecule is CC(C)c1cccc(C(C)C)c1-c1ncc2c(N3C[C@H]4CC[C@@H](C3)N4C(=O)OC(C)(C)C)nc(OCC34CCCN3CC(F)C4)nc2c1F. The predicted octanol–water partition coefficient (Wildman–Crippen LogP) is 7.62. The molecule has 2 bridgehead atoms. The van der Waals surface area contributed by atoms with Crippen LogP contribution in [0.1, 0.15) is 104 Å². The van der Waals surface area contributed by atoms with Gasteiger partial charge in [0.05, 0.1) is 23.0 Å². The molecule has 0 aliphatic carbocycles. The van der Waals surface area contributed by atoms with E-state index < -0.39 is 23.1 Å². The first kappa shape index (κ1) is 33.9. The third-order valence-corrected chi connectivity index (χ3v) is 10.9. The van der Waals surface area contributed by atoms with Gasteiger partial charge >= 0.3 is 12.1 Å². The number of hydrogen-bond acceptors (Lipinski definition) is 8. The summed E-state index contributed by atoms with van der Waals surface area (Å²) >= 11 is 0. The van der Waals surface area contributed by atoms with Crippen LogP contribution in [0.3, 0.4) is 0 Å². The molecule has 2 aromatic heterocycles. The molecule has 49 heavy (non-hydrogen) atoms. The normalized spacial score (nSPS) is 25.6. The summed E-state index contributed by atoms with van der Waals surface area (Å²) in [6.45, 7) is 16.6. The molecule has 4 fully saturated rings. The summed E-state index contributed by atoms with van der Waals surface area (Å²) < 4.78 is 43.8. The molecule has 0 spiro atoms. The van der Waals surface area contributed by atoms with E-state index in [-0.39, 0.29) is 53.8 Å². The number of amides is 1. The fraction of sp³-hybridized carbons (Fsp3) is 0.632. The molecule has 3 aromatic rings. The van der Waals surface area contributed by atoms with E-state index in [1.165, 1.54) is 0 Å². The number of hydrogen-bond donors (Lipinski definition) is 0. The second kappa shape index (κ2) is 12.6. The second-order valence-corrected chi connectivity index (χ2v) is 16.2. The lowest BCUT2D eigenvalue weighted by atomic mass is 9.86. The van der Waals surface area contributed by atoms with E-state index in [0.29, 0.717) is 37.3 Å². The Balaban J connectivity index is 1.31. The average Bonchev–Trinajstić information content (AvgIpc) is 3.65. The summed E-state index contributed by atoms with van der Waals surface area (Å²) in [5, 5.41) is 0.497. The Kier molecular flexibility index (Phi) is 8.73. The van der Waals surface area contributed by atoms with E-state index in [9.17, 15) is 9.18 Å². The lowest BCUT2D eigenvalue weighted by Crippen LogP contribution is -2.57. The van der Waals surface area contributed by atoms with Crippen molar-refractivity contribution < 1.29 is 23.0 Å². The monoisotopic (exact) mass is 676 g/mol. The summed E-state index contributed by atoms with van der Waals surface area (Å²) in [6.07, 6.45) is 4.43. The fourth-order valence-corrected chi connectivity index (χ4v) is 8.66. The Labute approximate surface area is 288 Å². The lowest BCUT2D eigenvalue weighted by Gasteiger charge is -2.42. The van der Waals surface area contributed by atoms with Gasteiger partial charge in [-0.15, -0.1) is 0 Å². The van der Waals surface area contributed by atoms with Crippen LogP contribution in [0, 0.1) is 5.82 Å². The second-order valence-electron chi connectivity index (χ2n) is 16.2. The van der Waals surface area contributed by atoms with Crippen molar-refractivity contribution in [2.45, 2.75) is 122 Å². The molecule has 7 rings (SSSR count). The minimum Gasteiger partial charge on any atom is -0.461 e. The van der Waals surface area contributed by atoms with Gasteiger partial charge in [0, 0.05) is 37.8 Å². The van der Waals surface area contributed by atoms with Crippen molar-refractivity contribution in [3.63, 3.8) is 0 Å². The van der Waals surface area contributed by atoms with Crippen molar-refractivity contribution in [3.05, 3.63) is 41.3 Å². The van der Waals surface area contributed by atoms with Gasteiger partial charge < -0.3 is 14.4 Å². The molecule has 0 radical (unpaired) electrons. The van der Waals surface area contributed by atoms with Gasteiger partial charge in [-0.2, -0.15) is 9.97 Å². The molecule has 4 aliphatic heterocycles. The Morgan fingerprint density at radius 1 is 1.04 bits per heavy atom. The zero-order chi connectivity index (χ0) is 34.8. The topological polar surface area (TPSA) is 83.9 Å². The number of rotatable bonds is 7. The standard InChI is InChI=1S/C38H50F2N6O3/c1-22(2)27-10-8-11-28(23(3)4)30(27)33-31(40)32-29(17-41-33)34(43-35(42-32)48-21-38-14-9-15-45(38)18-24(39)16-38)44-19-25-12-13-26(20-44)46(25)36(47)49-37(5,6)7/h8,10-11,17,22-26H,9,12-16,18-21H2,1-7H3/t24?,25-,26+,38?. The lowest BCUT2D eigenvalue weighted by molar-refractivity contribution is 0.0122. The van der Waals surface area contributed by atoms with Crippen molar-refractivity contribution in [1.82, 2.24) is 24.8 Å². The summed E-state index contributed by atoms with van der Waals surface area (Å²) in [6, 6.07) is 6.05. The van der Waals surface area contributed by atoms with E-state index in [0.717, 1.165) is 48.9 Å². The van der Waals surface area contributed by atoms with Crippen molar-refractivity contribution in [3.8, 4) is 17.3 Å². The highest BCUT2D eigenvalue weighted by Crippen LogP contribution is 2.43. The zero-order valence-corrected chi connectivity index (χ0v) is 29.9. The number of ether oxygens (including phenoxy) is 2. The number of piperazine rings is 1. The van der Waals surface area contributed by atoms with Crippen LogP contribution in [0.4, 0.5) is 19.4 Å². The van der Waals surface area contributed by atoms with E-state index in [1.807, 2.05) is 43.9 Å². The number of nitrogens with zero attached hydrogens (tertiary/aromatic N) is 6. The number of benzene rings is 1. The van der Waals surface area contributed by atoms with Gasteiger partial charge in [-0.1, -0.05) is 45.9 Å². The number of alkyl halides is 1. The molecule has 1 aromatic carbocycles. The first-order chi connectivity index (χ1) is 23.2. The van der Waals surface area contributed by atoms with E-state index in [4.69, 9.17) is 24.4 Å². The molecule has 9 nitrogen and oxygen atoms in total. The Morgan fingerprint density at radius 3 is 2.35 bits per heavy atom. The van der Waals surface area contributed by atoms with Gasteiger partial charge in [0.15, 0.2) is 5.82 Å². The number of carbonyl (C=O) groups excluding carboxylic acids is 1. The van der Waals surface area contributed by atoms with Crippen LogP contribution in [0.5, 0.6) is 6.01 Å². The third-order valence-electron chi connectivity index (χ3n) is 10.9. The van der Waals surface area contributed by atoms with Gasteiger partial charge in [0.2, 0.25) is 0 Å². The van der Waals surface area contributed by atoms with Gasteiger partial charge in [0.25, 0.3) is 0 Å². The summed E-state index contributed by atoms with van der Waals surface area (Å²) in [5.41, 5.74) is 2.28. The molecule has 0 N–H and O–H groups in total. The van der Waals surface area contributed by atoms with Crippen molar-refractivity contribution >= 4 is 22.8 Å². The summed E-state index contributed by atoms with van der Waals surface area (Å²) in [5.74, 6) is 0.334. The third kappa shape index (κ3) is 6.21. The highest BCUT2D eigenvalue weighted by atomic mass is 19.1. The maximum atomic E-state index is 17.1. The number of pyridine rings is 1. The number of halogens is 2. The van der Waals surface area contributed by atoms with E-state index in [1.54, 1.807) is 6.20 Å². The number of fused-ring (bicyclic) bond motifs is 4. The smallest absolute Gasteiger partial charge is 0.410 e. The first-order valence-corrected chi connectivity index (χ1v) is 18.0.